The number of aromatic nitrogens is 1. The lowest BCUT2D eigenvalue weighted by Crippen LogP contribution is -2.36. The van der Waals surface area contributed by atoms with Crippen LogP contribution in [0.15, 0.2) is 41.7 Å². The van der Waals surface area contributed by atoms with E-state index in [-0.39, 0.29) is 36.3 Å². The van der Waals surface area contributed by atoms with E-state index in [4.69, 9.17) is 5.26 Å². The third kappa shape index (κ3) is 5.56. The number of hydrogen-bond donors (Lipinski definition) is 2. The molecule has 0 amide bonds. The average Bonchev–Trinajstić information content (AvgIpc) is 2.94. The van der Waals surface area contributed by atoms with Crippen LogP contribution in [-0.4, -0.2) is 17.6 Å². The quantitative estimate of drug-likeness (QED) is 0.448. The minimum absolute atomic E-state index is 0. The fourth-order valence-corrected chi connectivity index (χ4v) is 2.03. The number of hydrogen-bond acceptors (Lipinski definition) is 2. The van der Waals surface area contributed by atoms with Crippen LogP contribution in [0.25, 0.3) is 0 Å². The zero-order valence-electron chi connectivity index (χ0n) is 13.0. The zero-order valence-corrected chi connectivity index (χ0v) is 15.3. The number of aliphatic imine (C=N–C) groups is 1. The molecule has 0 spiro atoms. The second-order valence-electron chi connectivity index (χ2n) is 4.88. The van der Waals surface area contributed by atoms with Crippen molar-refractivity contribution in [2.24, 2.45) is 12.0 Å². The highest BCUT2D eigenvalue weighted by atomic mass is 127. The van der Waals surface area contributed by atoms with Crippen LogP contribution in [0.5, 0.6) is 0 Å². The summed E-state index contributed by atoms with van der Waals surface area (Å²) in [6.45, 7) is 0.886. The van der Waals surface area contributed by atoms with Gasteiger partial charge in [0.1, 0.15) is 5.82 Å². The van der Waals surface area contributed by atoms with E-state index >= 15 is 0 Å². The van der Waals surface area contributed by atoms with E-state index in [1.165, 1.54) is 18.2 Å². The van der Waals surface area contributed by atoms with Crippen LogP contribution >= 0.6 is 24.0 Å². The minimum atomic E-state index is -0.343. The van der Waals surface area contributed by atoms with E-state index in [2.05, 4.69) is 15.6 Å². The van der Waals surface area contributed by atoms with Gasteiger partial charge in [0.15, 0.2) is 5.96 Å². The summed E-state index contributed by atoms with van der Waals surface area (Å²) in [5.74, 6) is 0.232. The third-order valence-electron chi connectivity index (χ3n) is 3.20. The molecule has 0 fully saturated rings. The highest BCUT2D eigenvalue weighted by Crippen LogP contribution is 2.09. The first-order chi connectivity index (χ1) is 10.6. The Morgan fingerprint density at radius 2 is 2.04 bits per heavy atom. The van der Waals surface area contributed by atoms with Crippen molar-refractivity contribution < 1.29 is 4.39 Å². The standard InChI is InChI=1S/C16H18FN5.HI/c1-19-16(20-9-13-5-6-22(2)11-13)21-10-14-7-12(8-18)3-4-15(14)17;/h3-7,11H,9-10H2,1-2H3,(H2,19,20,21);1H. The molecule has 1 heterocycles. The molecule has 122 valence electrons. The Bertz CT molecular complexity index is 718. The Kier molecular flexibility index (Phi) is 7.54. The summed E-state index contributed by atoms with van der Waals surface area (Å²) in [7, 11) is 3.61. The molecule has 0 aliphatic heterocycles. The molecule has 5 nitrogen and oxygen atoms in total. The second-order valence-corrected chi connectivity index (χ2v) is 4.88. The van der Waals surface area contributed by atoms with Crippen LogP contribution in [-0.2, 0) is 20.1 Å². The molecular formula is C16H19FIN5. The van der Waals surface area contributed by atoms with Gasteiger partial charge in [-0.1, -0.05) is 0 Å². The number of halogens is 2. The van der Waals surface area contributed by atoms with Gasteiger partial charge < -0.3 is 15.2 Å². The largest absolute Gasteiger partial charge is 0.357 e. The highest BCUT2D eigenvalue weighted by Gasteiger charge is 2.05. The van der Waals surface area contributed by atoms with E-state index in [0.717, 1.165) is 5.56 Å². The van der Waals surface area contributed by atoms with Gasteiger partial charge in [-0.05, 0) is 29.8 Å². The lowest BCUT2D eigenvalue weighted by atomic mass is 10.1. The number of guanidine groups is 1. The van der Waals surface area contributed by atoms with Gasteiger partial charge in [-0.2, -0.15) is 5.26 Å². The number of rotatable bonds is 4. The molecule has 0 bridgehead atoms. The van der Waals surface area contributed by atoms with Gasteiger partial charge in [0, 0.05) is 45.1 Å². The zero-order chi connectivity index (χ0) is 15.9. The normalized spacial score (nSPS) is 10.6. The fraction of sp³-hybridized carbons (Fsp3) is 0.250. The van der Waals surface area contributed by atoms with Crippen molar-refractivity contribution in [2.45, 2.75) is 13.1 Å². The van der Waals surface area contributed by atoms with E-state index in [0.29, 0.717) is 23.6 Å². The van der Waals surface area contributed by atoms with Crippen molar-refractivity contribution >= 4 is 29.9 Å². The predicted molar refractivity (Wildman–Crippen MR) is 99.0 cm³/mol. The van der Waals surface area contributed by atoms with Crippen molar-refractivity contribution in [3.63, 3.8) is 0 Å². The summed E-state index contributed by atoms with van der Waals surface area (Å²) < 4.78 is 15.7. The van der Waals surface area contributed by atoms with Crippen LogP contribution in [0.1, 0.15) is 16.7 Å². The van der Waals surface area contributed by atoms with Crippen LogP contribution < -0.4 is 10.6 Å². The average molecular weight is 427 g/mol. The molecule has 0 radical (unpaired) electrons. The molecular weight excluding hydrogens is 408 g/mol. The van der Waals surface area contributed by atoms with Crippen molar-refractivity contribution in [1.82, 2.24) is 15.2 Å². The summed E-state index contributed by atoms with van der Waals surface area (Å²) in [6, 6.07) is 8.31. The van der Waals surface area contributed by atoms with E-state index in [1.54, 1.807) is 7.05 Å². The Hall–Kier alpha value is -2.08. The van der Waals surface area contributed by atoms with Gasteiger partial charge in [0.05, 0.1) is 11.6 Å². The maximum Gasteiger partial charge on any atom is 0.191 e. The lowest BCUT2D eigenvalue weighted by molar-refractivity contribution is 0.604. The van der Waals surface area contributed by atoms with Crippen molar-refractivity contribution in [1.29, 1.82) is 5.26 Å². The van der Waals surface area contributed by atoms with Crippen LogP contribution in [0, 0.1) is 17.1 Å². The van der Waals surface area contributed by atoms with E-state index < -0.39 is 0 Å². The van der Waals surface area contributed by atoms with Crippen molar-refractivity contribution in [2.75, 3.05) is 7.05 Å². The summed E-state index contributed by atoms with van der Waals surface area (Å²) in [6.07, 6.45) is 3.98. The van der Waals surface area contributed by atoms with Gasteiger partial charge >= 0.3 is 0 Å². The first kappa shape index (κ1) is 19.0. The number of nitrogens with zero attached hydrogens (tertiary/aromatic N) is 3. The van der Waals surface area contributed by atoms with Gasteiger partial charge in [-0.25, -0.2) is 4.39 Å². The Labute approximate surface area is 152 Å². The van der Waals surface area contributed by atoms with Crippen LogP contribution in [0.4, 0.5) is 4.39 Å². The maximum absolute atomic E-state index is 13.7. The molecule has 2 aromatic rings. The lowest BCUT2D eigenvalue weighted by Gasteiger charge is -2.12. The molecule has 7 heteroatoms. The number of aryl methyl sites for hydroxylation is 1. The van der Waals surface area contributed by atoms with Gasteiger partial charge in [-0.3, -0.25) is 4.99 Å². The predicted octanol–water partition coefficient (Wildman–Crippen LogP) is 2.52. The molecule has 23 heavy (non-hydrogen) atoms. The SMILES string of the molecule is CN=C(NCc1ccn(C)c1)NCc1cc(C#N)ccc1F.I. The Morgan fingerprint density at radius 1 is 1.30 bits per heavy atom. The number of nitriles is 1. The van der Waals surface area contributed by atoms with Gasteiger partial charge in [-0.15, -0.1) is 24.0 Å². The monoisotopic (exact) mass is 427 g/mol. The highest BCUT2D eigenvalue weighted by molar-refractivity contribution is 14.0. The third-order valence-corrected chi connectivity index (χ3v) is 3.20. The molecule has 2 N–H and O–H groups in total. The number of nitrogens with one attached hydrogen (secondary N) is 2. The van der Waals surface area contributed by atoms with Crippen molar-refractivity contribution in [3.05, 3.63) is 59.2 Å². The summed E-state index contributed by atoms with van der Waals surface area (Å²) in [5, 5.41) is 15.1. The minimum Gasteiger partial charge on any atom is -0.357 e. The summed E-state index contributed by atoms with van der Waals surface area (Å²) in [5.41, 5.74) is 2.00. The first-order valence-corrected chi connectivity index (χ1v) is 6.86. The van der Waals surface area contributed by atoms with E-state index in [1.807, 2.05) is 36.1 Å². The molecule has 0 aliphatic carbocycles. The first-order valence-electron chi connectivity index (χ1n) is 6.86. The topological polar surface area (TPSA) is 65.1 Å². The smallest absolute Gasteiger partial charge is 0.191 e. The molecule has 0 unspecified atom stereocenters. The maximum atomic E-state index is 13.7. The molecule has 2 rings (SSSR count). The molecule has 0 saturated carbocycles. The Balaban J connectivity index is 0.00000264. The molecule has 0 aliphatic rings. The molecule has 0 atom stereocenters. The molecule has 1 aromatic carbocycles. The van der Waals surface area contributed by atoms with Crippen LogP contribution in [0.3, 0.4) is 0 Å². The Morgan fingerprint density at radius 3 is 2.65 bits per heavy atom. The summed E-state index contributed by atoms with van der Waals surface area (Å²) >= 11 is 0. The second kappa shape index (κ2) is 9.15. The van der Waals surface area contributed by atoms with Gasteiger partial charge in [0.25, 0.3) is 0 Å². The van der Waals surface area contributed by atoms with Gasteiger partial charge in [0.2, 0.25) is 0 Å². The van der Waals surface area contributed by atoms with Crippen LogP contribution in [0.2, 0.25) is 0 Å². The van der Waals surface area contributed by atoms with E-state index in [9.17, 15) is 4.39 Å². The molecule has 0 saturated heterocycles. The van der Waals surface area contributed by atoms with Crippen molar-refractivity contribution in [3.8, 4) is 6.07 Å². The number of benzene rings is 1. The fourth-order valence-electron chi connectivity index (χ4n) is 2.03. The molecule has 1 aromatic heterocycles. The summed E-state index contributed by atoms with van der Waals surface area (Å²) in [4.78, 5) is 4.10.